The van der Waals surface area contributed by atoms with Crippen LogP contribution < -0.4 is 5.32 Å². The minimum absolute atomic E-state index is 0.0171. The molecular weight excluding hydrogens is 384 g/mol. The van der Waals surface area contributed by atoms with Crippen LogP contribution in [0, 0.1) is 5.92 Å². The molecular formula is C22H28N4O2S. The molecule has 0 unspecified atom stereocenters. The summed E-state index contributed by atoms with van der Waals surface area (Å²) in [5.41, 5.74) is 0.415. The van der Waals surface area contributed by atoms with E-state index >= 15 is 0 Å². The first kappa shape index (κ1) is 19.0. The molecule has 1 atom stereocenters. The highest BCUT2D eigenvalue weighted by atomic mass is 32.1. The smallest absolute Gasteiger partial charge is 0.323 e. The second-order valence-corrected chi connectivity index (χ2v) is 10.1. The maximum absolute atomic E-state index is 13.1. The minimum Gasteiger partial charge on any atom is -0.323 e. The first-order valence-corrected chi connectivity index (χ1v) is 11.6. The predicted molar refractivity (Wildman–Crippen MR) is 114 cm³/mol. The molecule has 1 aliphatic carbocycles. The van der Waals surface area contributed by atoms with Crippen molar-refractivity contribution in [2.75, 3.05) is 19.8 Å². The van der Waals surface area contributed by atoms with Gasteiger partial charge >= 0.3 is 6.03 Å². The summed E-state index contributed by atoms with van der Waals surface area (Å²) in [6, 6.07) is 8.05. The zero-order valence-electron chi connectivity index (χ0n) is 16.9. The summed E-state index contributed by atoms with van der Waals surface area (Å²) in [7, 11) is 0. The molecule has 1 saturated carbocycles. The second kappa shape index (κ2) is 7.36. The zero-order valence-corrected chi connectivity index (χ0v) is 17.7. The van der Waals surface area contributed by atoms with Crippen LogP contribution in [0.2, 0.25) is 0 Å². The van der Waals surface area contributed by atoms with Crippen molar-refractivity contribution >= 4 is 33.5 Å². The lowest BCUT2D eigenvalue weighted by molar-refractivity contribution is -0.134. The fraction of sp³-hybridized carbons (Fsp3) is 0.591. The van der Waals surface area contributed by atoms with Gasteiger partial charge in [-0.05, 0) is 63.1 Å². The molecule has 5 rings (SSSR count). The van der Waals surface area contributed by atoms with E-state index in [1.54, 1.807) is 11.3 Å². The maximum Gasteiger partial charge on any atom is 0.326 e. The van der Waals surface area contributed by atoms with Gasteiger partial charge in [-0.15, -0.1) is 11.3 Å². The van der Waals surface area contributed by atoms with E-state index in [9.17, 15) is 9.59 Å². The minimum atomic E-state index is -0.647. The number of imide groups is 1. The summed E-state index contributed by atoms with van der Waals surface area (Å²) in [4.78, 5) is 34.3. The molecule has 0 bridgehead atoms. The molecule has 2 saturated heterocycles. The van der Waals surface area contributed by atoms with Crippen LogP contribution in [0.4, 0.5) is 4.79 Å². The number of carbonyl (C=O) groups excluding carboxylic acids is 2. The summed E-state index contributed by atoms with van der Waals surface area (Å²) >= 11 is 1.77. The van der Waals surface area contributed by atoms with Gasteiger partial charge in [0.25, 0.3) is 5.91 Å². The number of likely N-dealkylation sites (tertiary alicyclic amines) is 1. The lowest BCUT2D eigenvalue weighted by atomic mass is 9.77. The van der Waals surface area contributed by atoms with E-state index in [0.29, 0.717) is 18.5 Å². The Labute approximate surface area is 175 Å². The van der Waals surface area contributed by atoms with Gasteiger partial charge in [-0.3, -0.25) is 9.69 Å². The summed E-state index contributed by atoms with van der Waals surface area (Å²) < 4.78 is 1.22. The van der Waals surface area contributed by atoms with Gasteiger partial charge in [-0.2, -0.15) is 0 Å². The number of benzene rings is 1. The Hall–Kier alpha value is -1.99. The Morgan fingerprint density at radius 2 is 2.00 bits per heavy atom. The van der Waals surface area contributed by atoms with Gasteiger partial charge < -0.3 is 5.32 Å². The fourth-order valence-electron chi connectivity index (χ4n) is 5.05. The number of amides is 3. The number of para-hydroxylation sites is 1. The Morgan fingerprint density at radius 1 is 1.21 bits per heavy atom. The number of carbonyl (C=O) groups is 2. The number of aromatic nitrogens is 1. The van der Waals surface area contributed by atoms with Crippen LogP contribution in [0.25, 0.3) is 10.2 Å². The van der Waals surface area contributed by atoms with Gasteiger partial charge in [-0.1, -0.05) is 19.1 Å². The van der Waals surface area contributed by atoms with Gasteiger partial charge in [0, 0.05) is 12.5 Å². The molecule has 3 aliphatic rings. The number of fused-ring (bicyclic) bond motifs is 1. The SMILES string of the molecule is CC1CCC2(CC1)NC(=O)N(CN1CCC[C@@H](c3nc4ccccc4s3)C1)C2=O. The number of nitrogens with zero attached hydrogens (tertiary/aromatic N) is 3. The summed E-state index contributed by atoms with van der Waals surface area (Å²) in [5.74, 6) is 0.985. The van der Waals surface area contributed by atoms with Crippen molar-refractivity contribution in [1.29, 1.82) is 0 Å². The van der Waals surface area contributed by atoms with E-state index in [0.717, 1.165) is 57.1 Å². The van der Waals surface area contributed by atoms with E-state index in [2.05, 4.69) is 35.3 Å². The third kappa shape index (κ3) is 3.44. The van der Waals surface area contributed by atoms with Crippen LogP contribution in [0.1, 0.15) is 56.4 Å². The van der Waals surface area contributed by atoms with E-state index in [-0.39, 0.29) is 11.9 Å². The topological polar surface area (TPSA) is 65.5 Å². The highest BCUT2D eigenvalue weighted by Crippen LogP contribution is 2.37. The molecule has 1 N–H and O–H groups in total. The second-order valence-electron chi connectivity index (χ2n) is 9.01. The molecule has 2 aliphatic heterocycles. The van der Waals surface area contributed by atoms with Gasteiger partial charge in [0.2, 0.25) is 0 Å². The Kier molecular flexibility index (Phi) is 4.82. The van der Waals surface area contributed by atoms with Gasteiger partial charge in [0.1, 0.15) is 5.54 Å². The number of hydrogen-bond acceptors (Lipinski definition) is 5. The summed E-state index contributed by atoms with van der Waals surface area (Å²) in [5, 5.41) is 4.21. The van der Waals surface area contributed by atoms with Crippen molar-refractivity contribution in [3.8, 4) is 0 Å². The molecule has 1 aromatic heterocycles. The Balaban J connectivity index is 1.28. The van der Waals surface area contributed by atoms with Crippen molar-refractivity contribution in [2.45, 2.75) is 56.9 Å². The third-order valence-corrected chi connectivity index (χ3v) is 8.08. The number of urea groups is 1. The van der Waals surface area contributed by atoms with Crippen LogP contribution in [-0.4, -0.2) is 52.0 Å². The molecule has 7 heteroatoms. The number of rotatable bonds is 3. The molecule has 154 valence electrons. The van der Waals surface area contributed by atoms with Crippen LogP contribution in [0.15, 0.2) is 24.3 Å². The van der Waals surface area contributed by atoms with E-state index in [1.165, 1.54) is 14.6 Å². The number of piperidine rings is 1. The van der Waals surface area contributed by atoms with E-state index in [1.807, 2.05) is 6.07 Å². The van der Waals surface area contributed by atoms with Crippen molar-refractivity contribution in [2.24, 2.45) is 5.92 Å². The molecule has 3 fully saturated rings. The Morgan fingerprint density at radius 3 is 2.79 bits per heavy atom. The molecule has 3 heterocycles. The van der Waals surface area contributed by atoms with Crippen molar-refractivity contribution in [3.05, 3.63) is 29.3 Å². The van der Waals surface area contributed by atoms with Crippen LogP contribution in [0.5, 0.6) is 0 Å². The molecule has 1 aromatic carbocycles. The molecule has 1 spiro atoms. The molecule has 3 amide bonds. The lowest BCUT2D eigenvalue weighted by Crippen LogP contribution is -2.50. The number of thiazole rings is 1. The third-order valence-electron chi connectivity index (χ3n) is 6.88. The number of hydrogen-bond donors (Lipinski definition) is 1. The molecule has 29 heavy (non-hydrogen) atoms. The van der Waals surface area contributed by atoms with Crippen molar-refractivity contribution in [1.82, 2.24) is 20.1 Å². The van der Waals surface area contributed by atoms with Gasteiger partial charge in [-0.25, -0.2) is 14.7 Å². The molecule has 0 radical (unpaired) electrons. The van der Waals surface area contributed by atoms with Crippen molar-refractivity contribution < 1.29 is 9.59 Å². The highest BCUT2D eigenvalue weighted by molar-refractivity contribution is 7.18. The summed E-state index contributed by atoms with van der Waals surface area (Å²) in [6.45, 7) is 4.38. The standard InChI is InChI=1S/C22H28N4O2S/c1-15-8-10-22(11-9-15)20(27)26(21(28)24-22)14-25-12-4-5-16(13-25)19-23-17-6-2-3-7-18(17)29-19/h2-3,6-7,15-16H,4-5,8-14H2,1H3,(H,24,28)/t15?,16-,22?/m1/s1. The van der Waals surface area contributed by atoms with E-state index < -0.39 is 5.54 Å². The monoisotopic (exact) mass is 412 g/mol. The normalized spacial score (nSPS) is 31.0. The quantitative estimate of drug-likeness (QED) is 0.776. The highest BCUT2D eigenvalue weighted by Gasteiger charge is 2.52. The number of nitrogens with one attached hydrogen (secondary N) is 1. The first-order chi connectivity index (χ1) is 14.0. The summed E-state index contributed by atoms with van der Waals surface area (Å²) in [6.07, 6.45) is 5.71. The molecule has 6 nitrogen and oxygen atoms in total. The molecule has 2 aromatic rings. The average Bonchev–Trinajstić information content (AvgIpc) is 3.26. The average molecular weight is 413 g/mol. The first-order valence-electron chi connectivity index (χ1n) is 10.8. The van der Waals surface area contributed by atoms with Crippen LogP contribution in [-0.2, 0) is 4.79 Å². The van der Waals surface area contributed by atoms with Gasteiger partial charge in [0.05, 0.1) is 21.9 Å². The van der Waals surface area contributed by atoms with Crippen LogP contribution >= 0.6 is 11.3 Å². The lowest BCUT2D eigenvalue weighted by Gasteiger charge is -2.35. The maximum atomic E-state index is 13.1. The predicted octanol–water partition coefficient (Wildman–Crippen LogP) is 3.93. The van der Waals surface area contributed by atoms with Gasteiger partial charge in [0.15, 0.2) is 0 Å². The Bertz CT molecular complexity index is 901. The van der Waals surface area contributed by atoms with Crippen molar-refractivity contribution in [3.63, 3.8) is 0 Å². The van der Waals surface area contributed by atoms with Crippen LogP contribution in [0.3, 0.4) is 0 Å². The van der Waals surface area contributed by atoms with E-state index in [4.69, 9.17) is 4.98 Å². The fourth-order valence-corrected chi connectivity index (χ4v) is 6.14. The zero-order chi connectivity index (χ0) is 20.0. The largest absolute Gasteiger partial charge is 0.326 e.